The molecule has 14 heavy (non-hydrogen) atoms. The van der Waals surface area contributed by atoms with Crippen molar-refractivity contribution in [1.29, 1.82) is 0 Å². The van der Waals surface area contributed by atoms with E-state index in [9.17, 15) is 9.59 Å². The molecule has 0 aliphatic carbocycles. The Morgan fingerprint density at radius 3 is 2.36 bits per heavy atom. The van der Waals surface area contributed by atoms with Crippen LogP contribution in [0.3, 0.4) is 0 Å². The number of rotatable bonds is 8. The molecule has 5 nitrogen and oxygen atoms in total. The van der Waals surface area contributed by atoms with Gasteiger partial charge in [-0.3, -0.25) is 9.59 Å². The lowest BCUT2D eigenvalue weighted by atomic mass is 10.2. The minimum atomic E-state index is -1.11. The summed E-state index contributed by atoms with van der Waals surface area (Å²) in [4.78, 5) is 20.9. The molecule has 0 rings (SSSR count). The SMILES string of the molecule is CCCCCN[C@H](CC(=O)O)C(=O)O. The smallest absolute Gasteiger partial charge is 0.321 e. The van der Waals surface area contributed by atoms with Crippen molar-refractivity contribution in [3.8, 4) is 0 Å². The van der Waals surface area contributed by atoms with Crippen LogP contribution >= 0.6 is 0 Å². The first-order valence-electron chi connectivity index (χ1n) is 4.76. The summed E-state index contributed by atoms with van der Waals surface area (Å²) < 4.78 is 0. The molecule has 0 bridgehead atoms. The second-order valence-electron chi connectivity index (χ2n) is 3.15. The van der Waals surface area contributed by atoms with Gasteiger partial charge in [0.05, 0.1) is 6.42 Å². The van der Waals surface area contributed by atoms with Crippen LogP contribution in [0.1, 0.15) is 32.6 Å². The summed E-state index contributed by atoms with van der Waals surface area (Å²) in [7, 11) is 0. The highest BCUT2D eigenvalue weighted by molar-refractivity contribution is 5.80. The van der Waals surface area contributed by atoms with E-state index in [4.69, 9.17) is 10.2 Å². The van der Waals surface area contributed by atoms with E-state index < -0.39 is 18.0 Å². The first-order valence-corrected chi connectivity index (χ1v) is 4.76. The van der Waals surface area contributed by atoms with Gasteiger partial charge in [-0.2, -0.15) is 0 Å². The third kappa shape index (κ3) is 6.42. The average molecular weight is 203 g/mol. The van der Waals surface area contributed by atoms with Crippen molar-refractivity contribution in [3.63, 3.8) is 0 Å². The second-order valence-corrected chi connectivity index (χ2v) is 3.15. The summed E-state index contributed by atoms with van der Waals surface area (Å²) in [5, 5.41) is 19.8. The molecule has 0 aliphatic heterocycles. The van der Waals surface area contributed by atoms with Gasteiger partial charge in [-0.1, -0.05) is 19.8 Å². The lowest BCUT2D eigenvalue weighted by Gasteiger charge is -2.11. The minimum Gasteiger partial charge on any atom is -0.481 e. The molecule has 5 heteroatoms. The van der Waals surface area contributed by atoms with E-state index in [2.05, 4.69) is 5.32 Å². The molecule has 0 aliphatic rings. The number of carbonyl (C=O) groups is 2. The van der Waals surface area contributed by atoms with Crippen molar-refractivity contribution in [2.45, 2.75) is 38.6 Å². The third-order valence-corrected chi connectivity index (χ3v) is 1.85. The van der Waals surface area contributed by atoms with Crippen molar-refractivity contribution >= 4 is 11.9 Å². The summed E-state index contributed by atoms with van der Waals surface area (Å²) in [6.45, 7) is 2.60. The van der Waals surface area contributed by atoms with Crippen LogP contribution in [0.2, 0.25) is 0 Å². The third-order valence-electron chi connectivity index (χ3n) is 1.85. The molecule has 0 aromatic heterocycles. The highest BCUT2D eigenvalue weighted by Crippen LogP contribution is 1.96. The van der Waals surface area contributed by atoms with E-state index in [0.29, 0.717) is 6.54 Å². The summed E-state index contributed by atoms with van der Waals surface area (Å²) in [6, 6.07) is -0.968. The molecule has 0 aromatic carbocycles. The van der Waals surface area contributed by atoms with Crippen LogP contribution in [0.15, 0.2) is 0 Å². The maximum Gasteiger partial charge on any atom is 0.321 e. The van der Waals surface area contributed by atoms with Gasteiger partial charge in [-0.25, -0.2) is 0 Å². The van der Waals surface area contributed by atoms with Crippen molar-refractivity contribution in [2.24, 2.45) is 0 Å². The van der Waals surface area contributed by atoms with Crippen LogP contribution in [-0.4, -0.2) is 34.7 Å². The number of nitrogens with one attached hydrogen (secondary N) is 1. The number of hydrogen-bond acceptors (Lipinski definition) is 3. The quantitative estimate of drug-likeness (QED) is 0.505. The molecule has 0 saturated carbocycles. The lowest BCUT2D eigenvalue weighted by Crippen LogP contribution is -2.39. The van der Waals surface area contributed by atoms with Crippen LogP contribution in [0.4, 0.5) is 0 Å². The fraction of sp³-hybridized carbons (Fsp3) is 0.778. The van der Waals surface area contributed by atoms with Gasteiger partial charge in [0, 0.05) is 0 Å². The van der Waals surface area contributed by atoms with E-state index in [1.165, 1.54) is 0 Å². The molecule has 0 radical (unpaired) electrons. The van der Waals surface area contributed by atoms with Gasteiger partial charge in [0.15, 0.2) is 0 Å². The van der Waals surface area contributed by atoms with Crippen molar-refractivity contribution < 1.29 is 19.8 Å². The van der Waals surface area contributed by atoms with Gasteiger partial charge in [0.25, 0.3) is 0 Å². The van der Waals surface area contributed by atoms with Crippen molar-refractivity contribution in [2.75, 3.05) is 6.54 Å². The Balaban J connectivity index is 3.74. The van der Waals surface area contributed by atoms with Crippen LogP contribution in [-0.2, 0) is 9.59 Å². The molecule has 0 heterocycles. The number of unbranched alkanes of at least 4 members (excludes halogenated alkanes) is 2. The maximum atomic E-state index is 10.6. The molecule has 0 unspecified atom stereocenters. The fourth-order valence-corrected chi connectivity index (χ4v) is 1.07. The highest BCUT2D eigenvalue weighted by atomic mass is 16.4. The number of hydrogen-bond donors (Lipinski definition) is 3. The fourth-order valence-electron chi connectivity index (χ4n) is 1.07. The van der Waals surface area contributed by atoms with Crippen LogP contribution in [0, 0.1) is 0 Å². The molecule has 0 fully saturated rings. The average Bonchev–Trinajstić information content (AvgIpc) is 2.09. The van der Waals surface area contributed by atoms with Gasteiger partial charge < -0.3 is 15.5 Å². The molecule has 0 aromatic rings. The summed E-state index contributed by atoms with van der Waals surface area (Å²) in [6.07, 6.45) is 2.58. The molecule has 82 valence electrons. The van der Waals surface area contributed by atoms with E-state index >= 15 is 0 Å². The molecule has 0 spiro atoms. The molecule has 1 atom stereocenters. The zero-order valence-electron chi connectivity index (χ0n) is 8.32. The molecule has 0 amide bonds. The normalized spacial score (nSPS) is 12.4. The second kappa shape index (κ2) is 7.32. The van der Waals surface area contributed by atoms with Gasteiger partial charge in [-0.15, -0.1) is 0 Å². The number of aliphatic carboxylic acids is 2. The molecular formula is C9H17NO4. The largest absolute Gasteiger partial charge is 0.481 e. The van der Waals surface area contributed by atoms with Crippen LogP contribution in [0.5, 0.6) is 0 Å². The standard InChI is InChI=1S/C9H17NO4/c1-2-3-4-5-10-7(9(13)14)6-8(11)12/h7,10H,2-6H2,1H3,(H,11,12)(H,13,14)/t7-/m1/s1. The molecule has 3 N–H and O–H groups in total. The molecule has 0 saturated heterocycles. The van der Waals surface area contributed by atoms with Crippen molar-refractivity contribution in [1.82, 2.24) is 5.32 Å². The summed E-state index contributed by atoms with van der Waals surface area (Å²) in [5.74, 6) is -2.20. The zero-order valence-corrected chi connectivity index (χ0v) is 8.32. The number of carboxylic acid groups (broad SMARTS) is 2. The van der Waals surface area contributed by atoms with Gasteiger partial charge >= 0.3 is 11.9 Å². The van der Waals surface area contributed by atoms with E-state index in [0.717, 1.165) is 19.3 Å². The summed E-state index contributed by atoms with van der Waals surface area (Å²) >= 11 is 0. The maximum absolute atomic E-state index is 10.6. The first kappa shape index (κ1) is 12.9. The zero-order chi connectivity index (χ0) is 11.0. The van der Waals surface area contributed by atoms with Crippen molar-refractivity contribution in [3.05, 3.63) is 0 Å². The lowest BCUT2D eigenvalue weighted by molar-refractivity contribution is -0.145. The van der Waals surface area contributed by atoms with Crippen LogP contribution < -0.4 is 5.32 Å². The monoisotopic (exact) mass is 203 g/mol. The van der Waals surface area contributed by atoms with E-state index in [-0.39, 0.29) is 6.42 Å². The Labute approximate surface area is 83.1 Å². The van der Waals surface area contributed by atoms with E-state index in [1.807, 2.05) is 6.92 Å². The predicted octanol–water partition coefficient (Wildman–Crippen LogP) is 0.694. The van der Waals surface area contributed by atoms with Gasteiger partial charge in [0.2, 0.25) is 0 Å². The summed E-state index contributed by atoms with van der Waals surface area (Å²) in [5.41, 5.74) is 0. The Morgan fingerprint density at radius 1 is 1.29 bits per heavy atom. The highest BCUT2D eigenvalue weighted by Gasteiger charge is 2.19. The van der Waals surface area contributed by atoms with E-state index in [1.54, 1.807) is 0 Å². The number of carboxylic acids is 2. The Morgan fingerprint density at radius 2 is 1.93 bits per heavy atom. The topological polar surface area (TPSA) is 86.6 Å². The minimum absolute atomic E-state index is 0.374. The first-order chi connectivity index (χ1) is 6.57. The molecular weight excluding hydrogens is 186 g/mol. The van der Waals surface area contributed by atoms with Gasteiger partial charge in [0.1, 0.15) is 6.04 Å². The Kier molecular flexibility index (Phi) is 6.74. The Bertz CT molecular complexity index is 193. The van der Waals surface area contributed by atoms with Crippen LogP contribution in [0.25, 0.3) is 0 Å². The van der Waals surface area contributed by atoms with Gasteiger partial charge in [-0.05, 0) is 13.0 Å². The Hall–Kier alpha value is -1.10. The predicted molar refractivity (Wildman–Crippen MR) is 51.2 cm³/mol.